The average molecular weight is 307 g/mol. The molecule has 2 aromatic carbocycles. The molecule has 3 rings (SSSR count). The number of benzene rings is 2. The van der Waals surface area contributed by atoms with E-state index in [-0.39, 0.29) is 17.1 Å². The minimum atomic E-state index is -1.26. The number of rotatable bonds is 3. The van der Waals surface area contributed by atoms with Crippen molar-refractivity contribution < 1.29 is 18.7 Å². The molecule has 3 nitrogen and oxygen atoms in total. The van der Waals surface area contributed by atoms with Crippen LogP contribution in [0.4, 0.5) is 4.39 Å². The maximum Gasteiger partial charge on any atom is 0.143 e. The Morgan fingerprint density at radius 1 is 1.24 bits per heavy atom. The van der Waals surface area contributed by atoms with Crippen molar-refractivity contribution >= 4 is 22.6 Å². The van der Waals surface area contributed by atoms with Gasteiger partial charge in [0, 0.05) is 10.4 Å². The summed E-state index contributed by atoms with van der Waals surface area (Å²) < 4.78 is 24.7. The van der Waals surface area contributed by atoms with Crippen LogP contribution in [0.25, 0.3) is 11.0 Å². The molecule has 0 fully saturated rings. The molecule has 1 aromatic heterocycles. The van der Waals surface area contributed by atoms with Gasteiger partial charge in [-0.3, -0.25) is 0 Å². The van der Waals surface area contributed by atoms with Crippen LogP contribution in [0.1, 0.15) is 17.4 Å². The van der Waals surface area contributed by atoms with E-state index in [0.717, 1.165) is 5.39 Å². The van der Waals surface area contributed by atoms with Crippen molar-refractivity contribution in [3.63, 3.8) is 0 Å². The first-order valence-electron chi connectivity index (χ1n) is 6.29. The van der Waals surface area contributed by atoms with E-state index >= 15 is 0 Å². The number of aliphatic hydroxyl groups excluding tert-OH is 1. The van der Waals surface area contributed by atoms with E-state index in [1.807, 2.05) is 0 Å². The molecule has 3 aromatic rings. The highest BCUT2D eigenvalue weighted by molar-refractivity contribution is 6.31. The van der Waals surface area contributed by atoms with Crippen LogP contribution in [0.15, 0.2) is 46.9 Å². The second-order valence-corrected chi connectivity index (χ2v) is 5.03. The zero-order valence-electron chi connectivity index (χ0n) is 11.1. The quantitative estimate of drug-likeness (QED) is 0.784. The van der Waals surface area contributed by atoms with Gasteiger partial charge in [0.25, 0.3) is 0 Å². The fourth-order valence-corrected chi connectivity index (χ4v) is 2.45. The van der Waals surface area contributed by atoms with Crippen LogP contribution in [0.5, 0.6) is 5.75 Å². The monoisotopic (exact) mass is 306 g/mol. The molecular formula is C16H12ClFO3. The highest BCUT2D eigenvalue weighted by atomic mass is 35.5. The summed E-state index contributed by atoms with van der Waals surface area (Å²) in [6.45, 7) is 0. The Morgan fingerprint density at radius 2 is 2.05 bits per heavy atom. The largest absolute Gasteiger partial charge is 0.496 e. The Balaban J connectivity index is 2.10. The van der Waals surface area contributed by atoms with Crippen molar-refractivity contribution in [3.05, 3.63) is 64.6 Å². The van der Waals surface area contributed by atoms with Gasteiger partial charge in [-0.15, -0.1) is 0 Å². The summed E-state index contributed by atoms with van der Waals surface area (Å²) in [7, 11) is 1.42. The fourth-order valence-electron chi connectivity index (χ4n) is 2.27. The second kappa shape index (κ2) is 5.39. The Bertz CT molecular complexity index is 797. The molecule has 1 heterocycles. The molecule has 0 spiro atoms. The lowest BCUT2D eigenvalue weighted by Crippen LogP contribution is -2.04. The van der Waals surface area contributed by atoms with E-state index in [1.165, 1.54) is 19.2 Å². The lowest BCUT2D eigenvalue weighted by molar-refractivity contribution is 0.182. The van der Waals surface area contributed by atoms with Crippen molar-refractivity contribution in [2.24, 2.45) is 0 Å². The van der Waals surface area contributed by atoms with Crippen molar-refractivity contribution in [1.29, 1.82) is 0 Å². The van der Waals surface area contributed by atoms with E-state index in [4.69, 9.17) is 20.8 Å². The molecule has 0 aliphatic heterocycles. The average Bonchev–Trinajstić information content (AvgIpc) is 2.89. The van der Waals surface area contributed by atoms with Gasteiger partial charge < -0.3 is 14.3 Å². The first-order valence-corrected chi connectivity index (χ1v) is 6.67. The third-order valence-corrected chi connectivity index (χ3v) is 3.51. The first-order chi connectivity index (χ1) is 10.1. The number of halogens is 2. The molecule has 1 N–H and O–H groups in total. The fraction of sp³-hybridized carbons (Fsp3) is 0.125. The zero-order valence-corrected chi connectivity index (χ0v) is 11.9. The second-order valence-electron chi connectivity index (χ2n) is 4.59. The van der Waals surface area contributed by atoms with E-state index in [0.29, 0.717) is 10.6 Å². The van der Waals surface area contributed by atoms with E-state index in [9.17, 15) is 9.50 Å². The normalized spacial score (nSPS) is 12.6. The Labute approximate surface area is 125 Å². The SMILES string of the molecule is COc1cccc(F)c1C(O)c1cc2cc(Cl)ccc2o1. The molecule has 5 heteroatoms. The molecule has 0 saturated carbocycles. The van der Waals surface area contributed by atoms with Crippen molar-refractivity contribution in [1.82, 2.24) is 0 Å². The number of methoxy groups -OCH3 is 1. The molecule has 1 atom stereocenters. The van der Waals surface area contributed by atoms with Crippen LogP contribution in [0.2, 0.25) is 5.02 Å². The summed E-state index contributed by atoms with van der Waals surface area (Å²) in [5, 5.41) is 11.7. The Morgan fingerprint density at radius 3 is 2.81 bits per heavy atom. The highest BCUT2D eigenvalue weighted by Gasteiger charge is 2.23. The zero-order chi connectivity index (χ0) is 15.0. The molecule has 108 valence electrons. The van der Waals surface area contributed by atoms with Crippen molar-refractivity contribution in [2.75, 3.05) is 7.11 Å². The summed E-state index contributed by atoms with van der Waals surface area (Å²) >= 11 is 5.91. The van der Waals surface area contributed by atoms with Crippen LogP contribution in [0.3, 0.4) is 0 Å². The number of ether oxygens (including phenoxy) is 1. The van der Waals surface area contributed by atoms with Gasteiger partial charge in [-0.05, 0) is 36.4 Å². The molecule has 0 radical (unpaired) electrons. The Hall–Kier alpha value is -2.04. The third kappa shape index (κ3) is 2.48. The van der Waals surface area contributed by atoms with Crippen LogP contribution in [0, 0.1) is 5.82 Å². The standard InChI is InChI=1S/C16H12ClFO3/c1-20-13-4-2-3-11(18)15(13)16(19)14-8-9-7-10(17)5-6-12(9)21-14/h2-8,16,19H,1H3. The van der Waals surface area contributed by atoms with Gasteiger partial charge in [0.1, 0.15) is 29.0 Å². The van der Waals surface area contributed by atoms with Gasteiger partial charge in [0.05, 0.1) is 12.7 Å². The number of furan rings is 1. The van der Waals surface area contributed by atoms with E-state index < -0.39 is 11.9 Å². The maximum absolute atomic E-state index is 14.0. The maximum atomic E-state index is 14.0. The first kappa shape index (κ1) is 13.9. The predicted molar refractivity (Wildman–Crippen MR) is 78.2 cm³/mol. The molecule has 0 aliphatic carbocycles. The number of hydrogen-bond acceptors (Lipinski definition) is 3. The van der Waals surface area contributed by atoms with Crippen LogP contribution >= 0.6 is 11.6 Å². The van der Waals surface area contributed by atoms with Crippen LogP contribution in [-0.4, -0.2) is 12.2 Å². The molecule has 0 aliphatic rings. The van der Waals surface area contributed by atoms with Gasteiger partial charge in [-0.25, -0.2) is 4.39 Å². The summed E-state index contributed by atoms with van der Waals surface area (Å²) in [4.78, 5) is 0. The smallest absolute Gasteiger partial charge is 0.143 e. The molecule has 0 bridgehead atoms. The number of aliphatic hydroxyl groups is 1. The third-order valence-electron chi connectivity index (χ3n) is 3.27. The van der Waals surface area contributed by atoms with Gasteiger partial charge in [-0.1, -0.05) is 17.7 Å². The van der Waals surface area contributed by atoms with Gasteiger partial charge >= 0.3 is 0 Å². The van der Waals surface area contributed by atoms with Crippen molar-refractivity contribution in [2.45, 2.75) is 6.10 Å². The summed E-state index contributed by atoms with van der Waals surface area (Å²) in [6.07, 6.45) is -1.26. The summed E-state index contributed by atoms with van der Waals surface area (Å²) in [5.41, 5.74) is 0.619. The molecule has 21 heavy (non-hydrogen) atoms. The topological polar surface area (TPSA) is 42.6 Å². The lowest BCUT2D eigenvalue weighted by atomic mass is 10.1. The molecule has 0 saturated heterocycles. The van der Waals surface area contributed by atoms with Gasteiger partial charge in [0.15, 0.2) is 0 Å². The molecule has 0 amide bonds. The Kier molecular flexibility index (Phi) is 3.57. The van der Waals surface area contributed by atoms with Gasteiger partial charge in [-0.2, -0.15) is 0 Å². The van der Waals surface area contributed by atoms with Crippen molar-refractivity contribution in [3.8, 4) is 5.75 Å². The van der Waals surface area contributed by atoms with E-state index in [1.54, 1.807) is 30.3 Å². The molecule has 1 unspecified atom stereocenters. The summed E-state index contributed by atoms with van der Waals surface area (Å²) in [6, 6.07) is 11.1. The number of fused-ring (bicyclic) bond motifs is 1. The highest BCUT2D eigenvalue weighted by Crippen LogP contribution is 2.35. The minimum Gasteiger partial charge on any atom is -0.496 e. The predicted octanol–water partition coefficient (Wildman–Crippen LogP) is 4.32. The van der Waals surface area contributed by atoms with Crippen LogP contribution < -0.4 is 4.74 Å². The number of hydrogen-bond donors (Lipinski definition) is 1. The van der Waals surface area contributed by atoms with Gasteiger partial charge in [0.2, 0.25) is 0 Å². The summed E-state index contributed by atoms with van der Waals surface area (Å²) in [5.74, 6) is -0.0583. The van der Waals surface area contributed by atoms with Crippen LogP contribution in [-0.2, 0) is 0 Å². The van der Waals surface area contributed by atoms with E-state index in [2.05, 4.69) is 0 Å². The lowest BCUT2D eigenvalue weighted by Gasteiger charge is -2.13. The minimum absolute atomic E-state index is 0.0464. The molecular weight excluding hydrogens is 295 g/mol.